The maximum Gasteiger partial charge on any atom is 0.267 e. The quantitative estimate of drug-likeness (QED) is 0.306. The molecule has 4 aromatic rings. The van der Waals surface area contributed by atoms with Crippen LogP contribution >= 0.6 is 23.1 Å². The molecule has 0 fully saturated rings. The number of thioether (sulfide) groups is 1. The molecule has 0 radical (unpaired) electrons. The molecular weight excluding hydrogens is 466 g/mol. The molecule has 0 aliphatic heterocycles. The Morgan fingerprint density at radius 2 is 1.82 bits per heavy atom. The third-order valence-corrected chi connectivity index (χ3v) is 8.55. The summed E-state index contributed by atoms with van der Waals surface area (Å²) in [5, 5.41) is 8.05. The number of fused-ring (bicyclic) bond motifs is 1. The molecule has 4 rings (SSSR count). The molecule has 0 saturated heterocycles. The molecular formula is C25H29N5O2S2. The van der Waals surface area contributed by atoms with Crippen molar-refractivity contribution in [2.45, 2.75) is 58.9 Å². The molecule has 0 aliphatic rings. The molecule has 3 heterocycles. The lowest BCUT2D eigenvalue weighted by Gasteiger charge is -2.18. The highest BCUT2D eigenvalue weighted by molar-refractivity contribution is 8.00. The maximum absolute atomic E-state index is 13.8. The van der Waals surface area contributed by atoms with Crippen molar-refractivity contribution < 1.29 is 4.79 Å². The molecule has 1 amide bonds. The molecule has 34 heavy (non-hydrogen) atoms. The van der Waals surface area contributed by atoms with Crippen LogP contribution in [0.25, 0.3) is 15.9 Å². The van der Waals surface area contributed by atoms with Crippen LogP contribution < -0.4 is 10.9 Å². The number of rotatable bonds is 5. The monoisotopic (exact) mass is 495 g/mol. The van der Waals surface area contributed by atoms with E-state index in [1.165, 1.54) is 23.1 Å². The first-order chi connectivity index (χ1) is 16.0. The van der Waals surface area contributed by atoms with Crippen LogP contribution in [0.2, 0.25) is 0 Å². The zero-order chi connectivity index (χ0) is 24.9. The van der Waals surface area contributed by atoms with Crippen molar-refractivity contribution in [3.63, 3.8) is 0 Å². The molecule has 1 aromatic carbocycles. The number of hydrogen-bond donors (Lipinski definition) is 1. The van der Waals surface area contributed by atoms with Crippen LogP contribution in [0, 0.1) is 41.5 Å². The fourth-order valence-electron chi connectivity index (χ4n) is 3.94. The van der Waals surface area contributed by atoms with E-state index in [1.54, 1.807) is 9.25 Å². The van der Waals surface area contributed by atoms with E-state index in [1.807, 2.05) is 73.7 Å². The Kier molecular flexibility index (Phi) is 6.44. The maximum atomic E-state index is 13.8. The molecule has 0 aliphatic carbocycles. The van der Waals surface area contributed by atoms with Gasteiger partial charge in [-0.15, -0.1) is 11.3 Å². The van der Waals surface area contributed by atoms with Gasteiger partial charge in [0, 0.05) is 11.9 Å². The minimum Gasteiger partial charge on any atom is -0.322 e. The van der Waals surface area contributed by atoms with Crippen LogP contribution in [0.4, 0.5) is 5.69 Å². The molecule has 9 heteroatoms. The molecule has 3 aromatic heterocycles. The van der Waals surface area contributed by atoms with Crippen molar-refractivity contribution in [2.75, 3.05) is 5.32 Å². The minimum atomic E-state index is -0.484. The van der Waals surface area contributed by atoms with E-state index in [0.29, 0.717) is 15.4 Å². The van der Waals surface area contributed by atoms with Gasteiger partial charge in [0.05, 0.1) is 33.4 Å². The number of aromatic nitrogens is 4. The van der Waals surface area contributed by atoms with Crippen molar-refractivity contribution in [1.29, 1.82) is 0 Å². The number of carbonyl (C=O) groups is 1. The van der Waals surface area contributed by atoms with Crippen LogP contribution in [0.5, 0.6) is 0 Å². The second-order valence-electron chi connectivity index (χ2n) is 8.64. The van der Waals surface area contributed by atoms with E-state index in [-0.39, 0.29) is 11.5 Å². The second-order valence-corrected chi connectivity index (χ2v) is 11.1. The van der Waals surface area contributed by atoms with Gasteiger partial charge in [0.2, 0.25) is 5.91 Å². The van der Waals surface area contributed by atoms with Crippen LogP contribution in [0.15, 0.2) is 28.2 Å². The average Bonchev–Trinajstić information content (AvgIpc) is 3.19. The lowest BCUT2D eigenvalue weighted by molar-refractivity contribution is -0.115. The number of aryl methyl sites for hydroxylation is 5. The van der Waals surface area contributed by atoms with Crippen molar-refractivity contribution in [3.05, 3.63) is 61.5 Å². The smallest absolute Gasteiger partial charge is 0.267 e. The average molecular weight is 496 g/mol. The standard InChI is InChI=1S/C25H29N5O2S2/c1-12-10-9-11-19(13(12)2)30-24(32)20-14(3)17(6)33-23(20)27-25(30)34-18(7)22(31)26-21-15(4)28-29(8)16(21)5/h9-11,18H,1-8H3,(H,26,31). The lowest BCUT2D eigenvalue weighted by Crippen LogP contribution is -2.27. The van der Waals surface area contributed by atoms with Gasteiger partial charge in [-0.2, -0.15) is 5.10 Å². The van der Waals surface area contributed by atoms with Gasteiger partial charge in [0.15, 0.2) is 5.16 Å². The van der Waals surface area contributed by atoms with Crippen molar-refractivity contribution in [3.8, 4) is 5.69 Å². The number of amides is 1. The number of nitrogens with one attached hydrogen (secondary N) is 1. The topological polar surface area (TPSA) is 81.8 Å². The highest BCUT2D eigenvalue weighted by Crippen LogP contribution is 2.32. The number of anilines is 1. The van der Waals surface area contributed by atoms with E-state index < -0.39 is 5.25 Å². The zero-order valence-corrected chi connectivity index (χ0v) is 22.4. The Morgan fingerprint density at radius 1 is 1.12 bits per heavy atom. The molecule has 178 valence electrons. The molecule has 1 unspecified atom stereocenters. The third kappa shape index (κ3) is 4.07. The third-order valence-electron chi connectivity index (χ3n) is 6.40. The normalized spacial score (nSPS) is 12.4. The van der Waals surface area contributed by atoms with Gasteiger partial charge in [-0.1, -0.05) is 23.9 Å². The zero-order valence-electron chi connectivity index (χ0n) is 20.7. The number of carbonyl (C=O) groups excluding carboxylic acids is 1. The van der Waals surface area contributed by atoms with E-state index >= 15 is 0 Å². The Morgan fingerprint density at radius 3 is 2.47 bits per heavy atom. The number of benzene rings is 1. The van der Waals surface area contributed by atoms with Crippen LogP contribution in [0.1, 0.15) is 39.9 Å². The van der Waals surface area contributed by atoms with Gasteiger partial charge in [-0.3, -0.25) is 18.8 Å². The summed E-state index contributed by atoms with van der Waals surface area (Å²) >= 11 is 2.80. The first kappa shape index (κ1) is 24.2. The summed E-state index contributed by atoms with van der Waals surface area (Å²) < 4.78 is 3.41. The van der Waals surface area contributed by atoms with Gasteiger partial charge in [-0.25, -0.2) is 4.98 Å². The number of nitrogens with zero attached hydrogens (tertiary/aromatic N) is 4. The molecule has 0 bridgehead atoms. The van der Waals surface area contributed by atoms with Gasteiger partial charge < -0.3 is 5.32 Å². The summed E-state index contributed by atoms with van der Waals surface area (Å²) in [5.41, 5.74) is 6.12. The van der Waals surface area contributed by atoms with Crippen LogP contribution in [0.3, 0.4) is 0 Å². The van der Waals surface area contributed by atoms with Crippen molar-refractivity contribution in [2.24, 2.45) is 7.05 Å². The summed E-state index contributed by atoms with van der Waals surface area (Å²) in [6.07, 6.45) is 0. The van der Waals surface area contributed by atoms with E-state index in [4.69, 9.17) is 4.98 Å². The van der Waals surface area contributed by atoms with Gasteiger partial charge in [0.25, 0.3) is 5.56 Å². The number of hydrogen-bond acceptors (Lipinski definition) is 6. The van der Waals surface area contributed by atoms with Gasteiger partial charge in [-0.05, 0) is 71.2 Å². The number of thiophene rings is 1. The van der Waals surface area contributed by atoms with Crippen LogP contribution in [-0.4, -0.2) is 30.5 Å². The van der Waals surface area contributed by atoms with E-state index in [0.717, 1.165) is 44.3 Å². The Balaban J connectivity index is 1.80. The summed E-state index contributed by atoms with van der Waals surface area (Å²) in [6.45, 7) is 13.6. The first-order valence-electron chi connectivity index (χ1n) is 11.1. The van der Waals surface area contributed by atoms with Crippen LogP contribution in [-0.2, 0) is 11.8 Å². The summed E-state index contributed by atoms with van der Waals surface area (Å²) in [5.74, 6) is -0.162. The molecule has 0 saturated carbocycles. The van der Waals surface area contributed by atoms with E-state index in [2.05, 4.69) is 10.4 Å². The first-order valence-corrected chi connectivity index (χ1v) is 12.8. The fraction of sp³-hybridized carbons (Fsp3) is 0.360. The molecule has 1 N–H and O–H groups in total. The van der Waals surface area contributed by atoms with Gasteiger partial charge in [0.1, 0.15) is 4.83 Å². The Labute approximate surface area is 207 Å². The lowest BCUT2D eigenvalue weighted by atomic mass is 10.1. The minimum absolute atomic E-state index is 0.102. The van der Waals surface area contributed by atoms with Crippen molar-refractivity contribution >= 4 is 44.9 Å². The largest absolute Gasteiger partial charge is 0.322 e. The van der Waals surface area contributed by atoms with Crippen molar-refractivity contribution in [1.82, 2.24) is 19.3 Å². The van der Waals surface area contributed by atoms with Gasteiger partial charge >= 0.3 is 0 Å². The molecule has 7 nitrogen and oxygen atoms in total. The predicted octanol–water partition coefficient (Wildman–Crippen LogP) is 5.15. The SMILES string of the molecule is Cc1cccc(-n2c(SC(C)C(=O)Nc3c(C)nn(C)c3C)nc3sc(C)c(C)c3c2=O)c1C. The second kappa shape index (κ2) is 9.03. The molecule has 0 spiro atoms. The van der Waals surface area contributed by atoms with E-state index in [9.17, 15) is 9.59 Å². The highest BCUT2D eigenvalue weighted by Gasteiger charge is 2.24. The predicted molar refractivity (Wildman–Crippen MR) is 141 cm³/mol. The summed E-state index contributed by atoms with van der Waals surface area (Å²) in [6, 6.07) is 5.90. The Bertz CT molecular complexity index is 1500. The Hall–Kier alpha value is -2.91. The summed E-state index contributed by atoms with van der Waals surface area (Å²) in [7, 11) is 1.85. The molecule has 1 atom stereocenters. The fourth-order valence-corrected chi connectivity index (χ4v) is 5.93. The highest BCUT2D eigenvalue weighted by atomic mass is 32.2. The summed E-state index contributed by atoms with van der Waals surface area (Å²) in [4.78, 5) is 33.6.